The van der Waals surface area contributed by atoms with Crippen LogP contribution in [0.5, 0.6) is 5.75 Å². The lowest BCUT2D eigenvalue weighted by Crippen LogP contribution is -2.43. The van der Waals surface area contributed by atoms with Gasteiger partial charge in [-0.3, -0.25) is 10.2 Å². The Bertz CT molecular complexity index is 499. The number of guanidine groups is 1. The van der Waals surface area contributed by atoms with Gasteiger partial charge in [-0.2, -0.15) is 0 Å². The number of nitrogens with one attached hydrogen (secondary N) is 1. The maximum Gasteiger partial charge on any atom is 0.311 e. The van der Waals surface area contributed by atoms with Gasteiger partial charge in [0.15, 0.2) is 5.96 Å². The highest BCUT2D eigenvalue weighted by Crippen LogP contribution is 2.21. The number of ether oxygens (including phenoxy) is 1. The second-order valence-electron chi connectivity index (χ2n) is 5.67. The quantitative estimate of drug-likeness (QED) is 0.386. The molecule has 114 valence electrons. The van der Waals surface area contributed by atoms with Crippen molar-refractivity contribution in [2.45, 2.75) is 32.6 Å². The molecule has 1 unspecified atom stereocenters. The molecule has 5 heteroatoms. The molecule has 1 fully saturated rings. The van der Waals surface area contributed by atoms with Gasteiger partial charge in [-0.1, -0.05) is 17.7 Å². The minimum absolute atomic E-state index is 0.127. The van der Waals surface area contributed by atoms with Crippen molar-refractivity contribution in [2.75, 3.05) is 13.1 Å². The van der Waals surface area contributed by atoms with Crippen LogP contribution in [-0.2, 0) is 4.79 Å². The van der Waals surface area contributed by atoms with Gasteiger partial charge in [0, 0.05) is 19.5 Å². The van der Waals surface area contributed by atoms with Crippen LogP contribution in [0.4, 0.5) is 0 Å². The average Bonchev–Trinajstić information content (AvgIpc) is 2.48. The van der Waals surface area contributed by atoms with Crippen LogP contribution in [0.2, 0.25) is 0 Å². The lowest BCUT2D eigenvalue weighted by Gasteiger charge is -2.32. The van der Waals surface area contributed by atoms with Crippen molar-refractivity contribution in [1.29, 1.82) is 5.41 Å². The normalized spacial score (nSPS) is 18.3. The smallest absolute Gasteiger partial charge is 0.311 e. The highest BCUT2D eigenvalue weighted by molar-refractivity contribution is 5.74. The maximum atomic E-state index is 11.9. The van der Waals surface area contributed by atoms with Crippen LogP contribution in [0.3, 0.4) is 0 Å². The molecule has 1 atom stereocenters. The minimum atomic E-state index is -0.196. The van der Waals surface area contributed by atoms with E-state index in [0.717, 1.165) is 37.9 Å². The highest BCUT2D eigenvalue weighted by atomic mass is 16.5. The molecule has 1 aliphatic heterocycles. The number of carbonyl (C=O) groups excluding carboxylic acids is 1. The third kappa shape index (κ3) is 4.77. The maximum absolute atomic E-state index is 11.9. The lowest BCUT2D eigenvalue weighted by atomic mass is 9.93. The first-order chi connectivity index (χ1) is 10.0. The Balaban J connectivity index is 1.76. The second-order valence-corrected chi connectivity index (χ2v) is 5.67. The van der Waals surface area contributed by atoms with E-state index in [4.69, 9.17) is 15.9 Å². The number of carbonyl (C=O) groups is 1. The fourth-order valence-electron chi connectivity index (χ4n) is 2.63. The fourth-order valence-corrected chi connectivity index (χ4v) is 2.63. The van der Waals surface area contributed by atoms with Crippen molar-refractivity contribution in [2.24, 2.45) is 11.7 Å². The van der Waals surface area contributed by atoms with E-state index in [1.165, 1.54) is 0 Å². The predicted octanol–water partition coefficient (Wildman–Crippen LogP) is 2.29. The molecular formula is C16H23N3O2. The number of benzene rings is 1. The Morgan fingerprint density at radius 3 is 2.81 bits per heavy atom. The van der Waals surface area contributed by atoms with Crippen LogP contribution in [-0.4, -0.2) is 29.9 Å². The fraction of sp³-hybridized carbons (Fsp3) is 0.500. The zero-order valence-electron chi connectivity index (χ0n) is 12.5. The van der Waals surface area contributed by atoms with E-state index < -0.39 is 0 Å². The number of likely N-dealkylation sites (tertiary alicyclic amines) is 1. The number of hydrogen-bond acceptors (Lipinski definition) is 3. The van der Waals surface area contributed by atoms with Crippen LogP contribution in [0, 0.1) is 18.3 Å². The third-order valence-electron chi connectivity index (χ3n) is 3.87. The molecule has 0 aromatic heterocycles. The number of rotatable bonds is 4. The summed E-state index contributed by atoms with van der Waals surface area (Å²) < 4.78 is 5.32. The first-order valence-electron chi connectivity index (χ1n) is 7.41. The van der Waals surface area contributed by atoms with E-state index in [2.05, 4.69) is 0 Å². The van der Waals surface area contributed by atoms with Crippen LogP contribution >= 0.6 is 0 Å². The summed E-state index contributed by atoms with van der Waals surface area (Å²) in [5.41, 5.74) is 6.66. The molecule has 2 rings (SSSR count). The van der Waals surface area contributed by atoms with Crippen molar-refractivity contribution >= 4 is 11.9 Å². The lowest BCUT2D eigenvalue weighted by molar-refractivity contribution is -0.134. The number of aryl methyl sites for hydroxylation is 1. The minimum Gasteiger partial charge on any atom is -0.427 e. The van der Waals surface area contributed by atoms with E-state index in [1.54, 1.807) is 0 Å². The summed E-state index contributed by atoms with van der Waals surface area (Å²) in [6.07, 6.45) is 3.30. The van der Waals surface area contributed by atoms with Gasteiger partial charge in [-0.05, 0) is 44.2 Å². The van der Waals surface area contributed by atoms with Gasteiger partial charge in [-0.15, -0.1) is 0 Å². The molecule has 1 aromatic carbocycles. The monoisotopic (exact) mass is 289 g/mol. The van der Waals surface area contributed by atoms with Gasteiger partial charge in [0.05, 0.1) is 0 Å². The number of piperidine rings is 1. The van der Waals surface area contributed by atoms with Crippen LogP contribution in [0.15, 0.2) is 24.3 Å². The summed E-state index contributed by atoms with van der Waals surface area (Å²) in [6, 6.07) is 7.47. The SMILES string of the molecule is Cc1ccc(OC(=O)CCC2CCCN(C(=N)N)C2)cc1. The molecule has 0 aliphatic carbocycles. The Kier molecular flexibility index (Phi) is 5.20. The standard InChI is InChI=1S/C16H23N3O2/c1-12-4-7-14(8-5-12)21-15(20)9-6-13-3-2-10-19(11-13)16(17)18/h4-5,7-8,13H,2-3,6,9-11H2,1H3,(H3,17,18). The predicted molar refractivity (Wildman–Crippen MR) is 82.3 cm³/mol. The molecule has 1 saturated heterocycles. The molecule has 0 bridgehead atoms. The number of hydrogen-bond donors (Lipinski definition) is 2. The van der Waals surface area contributed by atoms with Gasteiger partial charge in [-0.25, -0.2) is 0 Å². The number of esters is 1. The number of nitrogens with two attached hydrogens (primary N) is 1. The summed E-state index contributed by atoms with van der Waals surface area (Å²) in [5, 5.41) is 7.47. The van der Waals surface area contributed by atoms with Crippen LogP contribution in [0.1, 0.15) is 31.2 Å². The third-order valence-corrected chi connectivity index (χ3v) is 3.87. The number of nitrogens with zero attached hydrogens (tertiary/aromatic N) is 1. The Morgan fingerprint density at radius 2 is 2.14 bits per heavy atom. The molecule has 0 saturated carbocycles. The van der Waals surface area contributed by atoms with Crippen molar-refractivity contribution in [3.63, 3.8) is 0 Å². The largest absolute Gasteiger partial charge is 0.427 e. The molecule has 1 aliphatic rings. The van der Waals surface area contributed by atoms with E-state index in [9.17, 15) is 4.79 Å². The van der Waals surface area contributed by atoms with E-state index in [0.29, 0.717) is 18.1 Å². The van der Waals surface area contributed by atoms with E-state index >= 15 is 0 Å². The molecule has 5 nitrogen and oxygen atoms in total. The molecule has 0 amide bonds. The molecule has 1 aromatic rings. The van der Waals surface area contributed by atoms with Gasteiger partial charge >= 0.3 is 5.97 Å². The topological polar surface area (TPSA) is 79.4 Å². The van der Waals surface area contributed by atoms with Gasteiger partial charge in [0.25, 0.3) is 0 Å². The first-order valence-corrected chi connectivity index (χ1v) is 7.41. The van der Waals surface area contributed by atoms with Crippen molar-refractivity contribution in [3.05, 3.63) is 29.8 Å². The van der Waals surface area contributed by atoms with Crippen molar-refractivity contribution in [3.8, 4) is 5.75 Å². The molecule has 0 radical (unpaired) electrons. The summed E-state index contributed by atoms with van der Waals surface area (Å²) in [5.74, 6) is 0.938. The molecule has 1 heterocycles. The first kappa shape index (κ1) is 15.4. The zero-order valence-corrected chi connectivity index (χ0v) is 12.5. The summed E-state index contributed by atoms with van der Waals surface area (Å²) >= 11 is 0. The molecule has 21 heavy (non-hydrogen) atoms. The van der Waals surface area contributed by atoms with E-state index in [1.807, 2.05) is 36.1 Å². The van der Waals surface area contributed by atoms with Crippen molar-refractivity contribution in [1.82, 2.24) is 4.90 Å². The molecule has 0 spiro atoms. The summed E-state index contributed by atoms with van der Waals surface area (Å²) in [7, 11) is 0. The van der Waals surface area contributed by atoms with Gasteiger partial charge in [0.2, 0.25) is 0 Å². The van der Waals surface area contributed by atoms with E-state index in [-0.39, 0.29) is 11.9 Å². The average molecular weight is 289 g/mol. The zero-order chi connectivity index (χ0) is 15.2. The Labute approximate surface area is 125 Å². The highest BCUT2D eigenvalue weighted by Gasteiger charge is 2.21. The van der Waals surface area contributed by atoms with Gasteiger partial charge in [0.1, 0.15) is 5.75 Å². The summed E-state index contributed by atoms with van der Waals surface area (Å²) in [4.78, 5) is 13.7. The van der Waals surface area contributed by atoms with Gasteiger partial charge < -0.3 is 15.4 Å². The van der Waals surface area contributed by atoms with Crippen LogP contribution in [0.25, 0.3) is 0 Å². The summed E-state index contributed by atoms with van der Waals surface area (Å²) in [6.45, 7) is 3.61. The second kappa shape index (κ2) is 7.11. The van der Waals surface area contributed by atoms with Crippen LogP contribution < -0.4 is 10.5 Å². The Morgan fingerprint density at radius 1 is 1.43 bits per heavy atom. The Hall–Kier alpha value is -2.04. The van der Waals surface area contributed by atoms with Crippen molar-refractivity contribution < 1.29 is 9.53 Å². The molecule has 3 N–H and O–H groups in total. The molecular weight excluding hydrogens is 266 g/mol.